The van der Waals surface area contributed by atoms with Crippen molar-refractivity contribution in [3.63, 3.8) is 0 Å². The highest BCUT2D eigenvalue weighted by Crippen LogP contribution is 2.17. The van der Waals surface area contributed by atoms with Crippen molar-refractivity contribution in [1.29, 1.82) is 0 Å². The fourth-order valence-corrected chi connectivity index (χ4v) is 1.94. The third kappa shape index (κ3) is 7.70. The van der Waals surface area contributed by atoms with Crippen LogP contribution in [0, 0.1) is 0 Å². The van der Waals surface area contributed by atoms with E-state index in [4.69, 9.17) is 0 Å². The van der Waals surface area contributed by atoms with Gasteiger partial charge in [0.25, 0.3) is 0 Å². The lowest BCUT2D eigenvalue weighted by Crippen LogP contribution is -2.56. The highest BCUT2D eigenvalue weighted by molar-refractivity contribution is 9.09. The number of likely N-dealkylation sites (N-methyl/N-ethyl adjacent to an activating group) is 1. The molecule has 102 valence electrons. The Hall–Kier alpha value is -0.170. The molecule has 0 aromatic carbocycles. The van der Waals surface area contributed by atoms with Crippen LogP contribution in [0.3, 0.4) is 0 Å². The summed E-state index contributed by atoms with van der Waals surface area (Å²) >= 11 is 3.09. The van der Waals surface area contributed by atoms with Crippen molar-refractivity contribution in [2.45, 2.75) is 18.4 Å². The summed E-state index contributed by atoms with van der Waals surface area (Å²) in [5.74, 6) is -1.89. The number of Topliss-reactive ketones (excluding diaryl/α,β-unsaturated/α-hetero) is 1. The lowest BCUT2D eigenvalue weighted by atomic mass is 9.91. The van der Waals surface area contributed by atoms with Gasteiger partial charge in [0.2, 0.25) is 0 Å². The first-order chi connectivity index (χ1) is 7.10. The van der Waals surface area contributed by atoms with E-state index in [-0.39, 0.29) is 25.4 Å². The van der Waals surface area contributed by atoms with Crippen LogP contribution < -0.4 is 5.11 Å². The van der Waals surface area contributed by atoms with Gasteiger partial charge in [-0.15, -0.1) is 12.4 Å². The van der Waals surface area contributed by atoms with Gasteiger partial charge < -0.3 is 19.5 Å². The van der Waals surface area contributed by atoms with E-state index in [0.29, 0.717) is 9.81 Å². The molecule has 0 aromatic heterocycles. The molecule has 7 heteroatoms. The van der Waals surface area contributed by atoms with Gasteiger partial charge in [-0.05, 0) is 0 Å². The molecule has 1 atom stereocenters. The van der Waals surface area contributed by atoms with Crippen molar-refractivity contribution < 1.29 is 24.3 Å². The predicted octanol–water partition coefficient (Wildman–Crippen LogP) is -0.660. The number of ketones is 1. The summed E-state index contributed by atoms with van der Waals surface area (Å²) < 4.78 is 0.303. The number of aliphatic carboxylic acids is 1. The molecule has 17 heavy (non-hydrogen) atoms. The molecule has 0 bridgehead atoms. The van der Waals surface area contributed by atoms with E-state index < -0.39 is 23.8 Å². The van der Waals surface area contributed by atoms with Crippen molar-refractivity contribution in [1.82, 2.24) is 0 Å². The Bertz CT molecular complexity index is 280. The number of hydrogen-bond acceptors (Lipinski definition) is 4. The molecule has 5 nitrogen and oxygen atoms in total. The number of rotatable bonds is 7. The van der Waals surface area contributed by atoms with Gasteiger partial charge in [0, 0.05) is 24.1 Å². The van der Waals surface area contributed by atoms with Crippen molar-refractivity contribution >= 4 is 40.1 Å². The second kappa shape index (κ2) is 7.31. The summed E-state index contributed by atoms with van der Waals surface area (Å²) in [6, 6.07) is 0. The lowest BCUT2D eigenvalue weighted by molar-refractivity contribution is -0.875. The molecule has 0 aliphatic heterocycles. The maximum Gasteiger partial charge on any atom is 0.177 e. The zero-order chi connectivity index (χ0) is 13.0. The average molecular weight is 333 g/mol. The fraction of sp³-hybridized carbons (Fsp3) is 0.800. The van der Waals surface area contributed by atoms with E-state index in [0.717, 1.165) is 0 Å². The first kappa shape index (κ1) is 19.2. The third-order valence-electron chi connectivity index (χ3n) is 2.01. The monoisotopic (exact) mass is 331 g/mol. The lowest BCUT2D eigenvalue weighted by Gasteiger charge is -2.34. The summed E-state index contributed by atoms with van der Waals surface area (Å²) in [6.07, 6.45) is -0.557. The standard InChI is InChI=1S/C10H18BrNO4.ClH/c1-12(2,3)7-10(16,6-9(14)15)8(13)4-5-11;/h16H,4-7H2,1-3H3;1H. The number of carboxylic acids is 1. The topological polar surface area (TPSA) is 77.4 Å². The Kier molecular flexibility index (Phi) is 8.24. The zero-order valence-corrected chi connectivity index (χ0v) is 12.6. The minimum absolute atomic E-state index is 0. The van der Waals surface area contributed by atoms with Crippen LogP contribution in [0.2, 0.25) is 0 Å². The van der Waals surface area contributed by atoms with Crippen LogP contribution in [0.1, 0.15) is 12.8 Å². The van der Waals surface area contributed by atoms with Gasteiger partial charge in [-0.25, -0.2) is 0 Å². The normalized spacial score (nSPS) is 14.6. The van der Waals surface area contributed by atoms with Gasteiger partial charge in [-0.3, -0.25) is 4.79 Å². The number of carbonyl (C=O) groups excluding carboxylic acids is 2. The van der Waals surface area contributed by atoms with E-state index >= 15 is 0 Å². The second-order valence-corrected chi connectivity index (χ2v) is 5.68. The van der Waals surface area contributed by atoms with Gasteiger partial charge >= 0.3 is 0 Å². The Morgan fingerprint density at radius 1 is 1.35 bits per heavy atom. The number of aliphatic hydroxyl groups is 1. The summed E-state index contributed by atoms with van der Waals surface area (Å²) in [7, 11) is 5.34. The number of nitrogens with zero attached hydrogens (tertiary/aromatic N) is 1. The van der Waals surface area contributed by atoms with Crippen LogP contribution in [0.4, 0.5) is 0 Å². The summed E-state index contributed by atoms with van der Waals surface area (Å²) in [5.41, 5.74) is -1.84. The van der Waals surface area contributed by atoms with Crippen LogP contribution in [-0.4, -0.2) is 60.0 Å². The Morgan fingerprint density at radius 3 is 2.12 bits per heavy atom. The molecule has 0 aliphatic carbocycles. The van der Waals surface area contributed by atoms with Gasteiger partial charge in [-0.1, -0.05) is 15.9 Å². The summed E-state index contributed by atoms with van der Waals surface area (Å²) in [5, 5.41) is 21.1. The van der Waals surface area contributed by atoms with Gasteiger partial charge in [0.15, 0.2) is 11.4 Å². The molecule has 0 heterocycles. The van der Waals surface area contributed by atoms with E-state index in [9.17, 15) is 19.8 Å². The number of carboxylic acid groups (broad SMARTS) is 1. The summed E-state index contributed by atoms with van der Waals surface area (Å²) in [4.78, 5) is 22.3. The molecule has 0 amide bonds. The van der Waals surface area contributed by atoms with Crippen molar-refractivity contribution in [3.8, 4) is 0 Å². The minimum Gasteiger partial charge on any atom is -0.550 e. The Morgan fingerprint density at radius 2 is 1.82 bits per heavy atom. The highest BCUT2D eigenvalue weighted by atomic mass is 79.9. The van der Waals surface area contributed by atoms with Crippen LogP contribution >= 0.6 is 28.3 Å². The van der Waals surface area contributed by atoms with E-state index in [1.54, 1.807) is 21.1 Å². The molecule has 0 rings (SSSR count). The molecule has 0 saturated carbocycles. The van der Waals surface area contributed by atoms with Crippen LogP contribution in [-0.2, 0) is 9.59 Å². The predicted molar refractivity (Wildman–Crippen MR) is 68.1 cm³/mol. The Labute approximate surface area is 116 Å². The quantitative estimate of drug-likeness (QED) is 0.496. The van der Waals surface area contributed by atoms with Crippen molar-refractivity contribution in [3.05, 3.63) is 0 Å². The number of quaternary nitrogens is 1. The third-order valence-corrected chi connectivity index (χ3v) is 2.41. The molecule has 1 unspecified atom stereocenters. The maximum atomic E-state index is 11.7. The van der Waals surface area contributed by atoms with Crippen molar-refractivity contribution in [2.24, 2.45) is 0 Å². The minimum atomic E-state index is -1.84. The molecule has 0 spiro atoms. The highest BCUT2D eigenvalue weighted by Gasteiger charge is 2.40. The van der Waals surface area contributed by atoms with Crippen LogP contribution in [0.5, 0.6) is 0 Å². The van der Waals surface area contributed by atoms with Crippen molar-refractivity contribution in [2.75, 3.05) is 33.0 Å². The zero-order valence-electron chi connectivity index (χ0n) is 10.2. The van der Waals surface area contributed by atoms with Gasteiger partial charge in [0.1, 0.15) is 6.54 Å². The molecular weight excluding hydrogens is 313 g/mol. The second-order valence-electron chi connectivity index (χ2n) is 4.89. The van der Waals surface area contributed by atoms with E-state index in [1.807, 2.05) is 0 Å². The van der Waals surface area contributed by atoms with E-state index in [2.05, 4.69) is 15.9 Å². The number of hydrogen-bond donors (Lipinski definition) is 1. The molecular formula is C10H19BrClNO4. The average Bonchev–Trinajstić information content (AvgIpc) is 1.98. The largest absolute Gasteiger partial charge is 0.550 e. The Balaban J connectivity index is 0. The smallest absolute Gasteiger partial charge is 0.177 e. The summed E-state index contributed by atoms with van der Waals surface area (Å²) in [6.45, 7) is 0.0484. The molecule has 0 saturated heterocycles. The SMILES string of the molecule is C[N+](C)(C)CC(O)(CC(=O)[O-])C(=O)CCBr.Cl. The molecule has 0 radical (unpaired) electrons. The number of halogens is 2. The first-order valence-corrected chi connectivity index (χ1v) is 6.05. The number of alkyl halides is 1. The molecule has 0 aromatic rings. The maximum absolute atomic E-state index is 11.7. The molecule has 0 aliphatic rings. The van der Waals surface area contributed by atoms with Crippen LogP contribution in [0.15, 0.2) is 0 Å². The van der Waals surface area contributed by atoms with Crippen LogP contribution in [0.25, 0.3) is 0 Å². The molecule has 0 fully saturated rings. The van der Waals surface area contributed by atoms with Gasteiger partial charge in [0.05, 0.1) is 21.1 Å². The fourth-order valence-electron chi connectivity index (χ4n) is 1.58. The van der Waals surface area contributed by atoms with E-state index in [1.165, 1.54) is 0 Å². The molecule has 1 N–H and O–H groups in total. The first-order valence-electron chi connectivity index (χ1n) is 4.93. The number of carbonyl (C=O) groups is 2. The van der Waals surface area contributed by atoms with Gasteiger partial charge in [-0.2, -0.15) is 0 Å².